The lowest BCUT2D eigenvalue weighted by molar-refractivity contribution is 0.0952. The standard InChI is InChI=1S/C19H23N3O4S2/c1-19(2,3)22-28(25,26)14-8-4-12(5-9-14)16(23)21-18-15(10-11-27-18)17(24)20-13-6-7-13/h4-5,8-11,13,22H,6-7H2,1-3H3,(H,20,24)(H,21,23). The molecule has 0 aliphatic heterocycles. The molecule has 3 N–H and O–H groups in total. The number of carbonyl (C=O) groups excluding carboxylic acids is 2. The molecule has 1 aromatic carbocycles. The minimum atomic E-state index is -3.67. The number of carbonyl (C=O) groups is 2. The highest BCUT2D eigenvalue weighted by atomic mass is 32.2. The third-order valence-corrected chi connectivity index (χ3v) is 6.52. The first-order valence-electron chi connectivity index (χ1n) is 8.89. The molecule has 1 saturated carbocycles. The lowest BCUT2D eigenvalue weighted by atomic mass is 10.1. The summed E-state index contributed by atoms with van der Waals surface area (Å²) in [5, 5.41) is 7.83. The van der Waals surface area contributed by atoms with E-state index in [1.54, 1.807) is 32.2 Å². The molecule has 0 saturated heterocycles. The maximum absolute atomic E-state index is 12.5. The van der Waals surface area contributed by atoms with Crippen molar-refractivity contribution in [3.05, 3.63) is 46.8 Å². The van der Waals surface area contributed by atoms with Crippen molar-refractivity contribution < 1.29 is 18.0 Å². The third kappa shape index (κ3) is 5.18. The Morgan fingerprint density at radius 1 is 1.04 bits per heavy atom. The molecule has 1 fully saturated rings. The Bertz CT molecular complexity index is 985. The molecule has 28 heavy (non-hydrogen) atoms. The second-order valence-electron chi connectivity index (χ2n) is 7.75. The Morgan fingerprint density at radius 2 is 1.68 bits per heavy atom. The maximum atomic E-state index is 12.5. The summed E-state index contributed by atoms with van der Waals surface area (Å²) in [5.74, 6) is -0.607. The van der Waals surface area contributed by atoms with Crippen LogP contribution in [-0.4, -0.2) is 31.8 Å². The summed E-state index contributed by atoms with van der Waals surface area (Å²) in [6.07, 6.45) is 1.97. The van der Waals surface area contributed by atoms with Crippen molar-refractivity contribution in [1.29, 1.82) is 0 Å². The molecule has 0 unspecified atom stereocenters. The van der Waals surface area contributed by atoms with Crippen LogP contribution in [0.2, 0.25) is 0 Å². The molecule has 2 aromatic rings. The number of hydrogen-bond acceptors (Lipinski definition) is 5. The predicted molar refractivity (Wildman–Crippen MR) is 109 cm³/mol. The largest absolute Gasteiger partial charge is 0.349 e. The van der Waals surface area contributed by atoms with E-state index in [-0.39, 0.29) is 16.8 Å². The molecule has 0 atom stereocenters. The lowest BCUT2D eigenvalue weighted by Gasteiger charge is -2.20. The summed E-state index contributed by atoms with van der Waals surface area (Å²) in [6, 6.07) is 7.57. The highest BCUT2D eigenvalue weighted by Gasteiger charge is 2.26. The van der Waals surface area contributed by atoms with Crippen LogP contribution in [0, 0.1) is 0 Å². The molecule has 1 aliphatic rings. The topological polar surface area (TPSA) is 104 Å². The normalized spacial score (nSPS) is 14.5. The van der Waals surface area contributed by atoms with Crippen molar-refractivity contribution in [2.45, 2.75) is 50.1 Å². The van der Waals surface area contributed by atoms with Gasteiger partial charge >= 0.3 is 0 Å². The fourth-order valence-electron chi connectivity index (χ4n) is 2.50. The van der Waals surface area contributed by atoms with Gasteiger partial charge in [0.05, 0.1) is 10.5 Å². The van der Waals surface area contributed by atoms with Gasteiger partial charge in [0.15, 0.2) is 0 Å². The predicted octanol–water partition coefficient (Wildman–Crippen LogP) is 2.97. The van der Waals surface area contributed by atoms with Gasteiger partial charge in [0.25, 0.3) is 11.8 Å². The Morgan fingerprint density at radius 3 is 2.25 bits per heavy atom. The van der Waals surface area contributed by atoms with Crippen LogP contribution in [0.3, 0.4) is 0 Å². The van der Waals surface area contributed by atoms with E-state index in [1.807, 2.05) is 0 Å². The molecular formula is C19H23N3O4S2. The summed E-state index contributed by atoms with van der Waals surface area (Å²) in [7, 11) is -3.67. The van der Waals surface area contributed by atoms with Crippen molar-refractivity contribution in [2.75, 3.05) is 5.32 Å². The lowest BCUT2D eigenvalue weighted by Crippen LogP contribution is -2.40. The Kier molecular flexibility index (Phi) is 5.60. The zero-order chi connectivity index (χ0) is 20.5. The fourth-order valence-corrected chi connectivity index (χ4v) is 4.70. The molecule has 7 nitrogen and oxygen atoms in total. The summed E-state index contributed by atoms with van der Waals surface area (Å²) >= 11 is 1.26. The van der Waals surface area contributed by atoms with Gasteiger partial charge in [0, 0.05) is 17.1 Å². The third-order valence-electron chi connectivity index (χ3n) is 3.92. The number of sulfonamides is 1. The second kappa shape index (κ2) is 7.65. The van der Waals surface area contributed by atoms with Gasteiger partial charge in [-0.2, -0.15) is 0 Å². The molecule has 0 radical (unpaired) electrons. The molecule has 1 aliphatic carbocycles. The van der Waals surface area contributed by atoms with Gasteiger partial charge in [-0.15, -0.1) is 11.3 Å². The molecule has 150 valence electrons. The average Bonchev–Trinajstić information content (AvgIpc) is 3.28. The van der Waals surface area contributed by atoms with Crippen molar-refractivity contribution in [3.63, 3.8) is 0 Å². The van der Waals surface area contributed by atoms with Crippen molar-refractivity contribution in [2.24, 2.45) is 0 Å². The number of anilines is 1. The SMILES string of the molecule is CC(C)(C)NS(=O)(=O)c1ccc(C(=O)Nc2sccc2C(=O)NC2CC2)cc1. The van der Waals surface area contributed by atoms with E-state index in [1.165, 1.54) is 35.6 Å². The van der Waals surface area contributed by atoms with E-state index >= 15 is 0 Å². The van der Waals surface area contributed by atoms with Gasteiger partial charge in [0.1, 0.15) is 5.00 Å². The molecule has 3 rings (SSSR count). The molecule has 1 aromatic heterocycles. The van der Waals surface area contributed by atoms with E-state index in [0.717, 1.165) is 12.8 Å². The highest BCUT2D eigenvalue weighted by Crippen LogP contribution is 2.26. The number of thiophene rings is 1. The summed E-state index contributed by atoms with van der Waals surface area (Å²) in [5.41, 5.74) is 0.126. The van der Waals surface area contributed by atoms with Gasteiger partial charge in [-0.05, 0) is 69.3 Å². The average molecular weight is 422 g/mol. The zero-order valence-electron chi connectivity index (χ0n) is 15.9. The smallest absolute Gasteiger partial charge is 0.256 e. The first-order valence-corrected chi connectivity index (χ1v) is 11.3. The van der Waals surface area contributed by atoms with E-state index in [2.05, 4.69) is 15.4 Å². The quantitative estimate of drug-likeness (QED) is 0.667. The van der Waals surface area contributed by atoms with Crippen molar-refractivity contribution in [3.8, 4) is 0 Å². The van der Waals surface area contributed by atoms with E-state index in [4.69, 9.17) is 0 Å². The minimum absolute atomic E-state index is 0.0830. The van der Waals surface area contributed by atoms with Gasteiger partial charge in [-0.25, -0.2) is 13.1 Å². The zero-order valence-corrected chi connectivity index (χ0v) is 17.5. The highest BCUT2D eigenvalue weighted by molar-refractivity contribution is 7.89. The monoisotopic (exact) mass is 421 g/mol. The summed E-state index contributed by atoms with van der Waals surface area (Å²) < 4.78 is 27.3. The number of amides is 2. The van der Waals surface area contributed by atoms with Gasteiger partial charge < -0.3 is 10.6 Å². The minimum Gasteiger partial charge on any atom is -0.349 e. The molecule has 1 heterocycles. The molecule has 9 heteroatoms. The molecule has 0 spiro atoms. The number of hydrogen-bond donors (Lipinski definition) is 3. The Labute approximate surface area is 168 Å². The first-order chi connectivity index (χ1) is 13.0. The van der Waals surface area contributed by atoms with E-state index in [9.17, 15) is 18.0 Å². The molecule has 0 bridgehead atoms. The second-order valence-corrected chi connectivity index (χ2v) is 10.3. The number of nitrogens with one attached hydrogen (secondary N) is 3. The Hall–Kier alpha value is -2.23. The van der Waals surface area contributed by atoms with Crippen LogP contribution in [0.4, 0.5) is 5.00 Å². The first kappa shape index (κ1) is 20.5. The summed E-state index contributed by atoms with van der Waals surface area (Å²) in [4.78, 5) is 24.8. The molecule has 2 amide bonds. The van der Waals surface area contributed by atoms with Gasteiger partial charge in [-0.1, -0.05) is 0 Å². The number of rotatable bonds is 6. The van der Waals surface area contributed by atoms with Crippen LogP contribution >= 0.6 is 11.3 Å². The van der Waals surface area contributed by atoms with Crippen LogP contribution in [0.5, 0.6) is 0 Å². The van der Waals surface area contributed by atoms with Crippen molar-refractivity contribution >= 4 is 38.2 Å². The van der Waals surface area contributed by atoms with Crippen LogP contribution < -0.4 is 15.4 Å². The van der Waals surface area contributed by atoms with Crippen LogP contribution in [0.25, 0.3) is 0 Å². The molecular weight excluding hydrogens is 398 g/mol. The van der Waals surface area contributed by atoms with Crippen LogP contribution in [0.1, 0.15) is 54.3 Å². The number of benzene rings is 1. The van der Waals surface area contributed by atoms with Crippen LogP contribution in [0.15, 0.2) is 40.6 Å². The van der Waals surface area contributed by atoms with Gasteiger partial charge in [-0.3, -0.25) is 9.59 Å². The Balaban J connectivity index is 1.70. The van der Waals surface area contributed by atoms with E-state index < -0.39 is 21.5 Å². The summed E-state index contributed by atoms with van der Waals surface area (Å²) in [6.45, 7) is 5.26. The fraction of sp³-hybridized carbons (Fsp3) is 0.368. The van der Waals surface area contributed by atoms with Crippen LogP contribution in [-0.2, 0) is 10.0 Å². The van der Waals surface area contributed by atoms with Crippen molar-refractivity contribution in [1.82, 2.24) is 10.0 Å². The van der Waals surface area contributed by atoms with E-state index in [0.29, 0.717) is 16.1 Å². The maximum Gasteiger partial charge on any atom is 0.256 e. The van der Waals surface area contributed by atoms with Gasteiger partial charge in [0.2, 0.25) is 10.0 Å².